The first-order valence-corrected chi connectivity index (χ1v) is 7.54. The first-order chi connectivity index (χ1) is 9.11. The summed E-state index contributed by atoms with van der Waals surface area (Å²) in [5.41, 5.74) is 9.05. The lowest BCUT2D eigenvalue weighted by molar-refractivity contribution is 0.394. The minimum atomic E-state index is 0.277. The van der Waals surface area contributed by atoms with Crippen LogP contribution in [0.2, 0.25) is 0 Å². The largest absolute Gasteiger partial charge is 0.496 e. The molecule has 2 rings (SSSR count). The maximum absolute atomic E-state index is 6.41. The summed E-state index contributed by atoms with van der Waals surface area (Å²) in [6.07, 6.45) is 6.23. The predicted molar refractivity (Wildman–Crippen MR) is 80.7 cm³/mol. The Kier molecular flexibility index (Phi) is 4.87. The lowest BCUT2D eigenvalue weighted by Gasteiger charge is -2.21. The quantitative estimate of drug-likeness (QED) is 0.873. The molecule has 1 saturated carbocycles. The Balaban J connectivity index is 2.14. The van der Waals surface area contributed by atoms with Gasteiger partial charge >= 0.3 is 0 Å². The van der Waals surface area contributed by atoms with Crippen LogP contribution >= 0.6 is 0 Å². The monoisotopic (exact) mass is 261 g/mol. The fraction of sp³-hybridized carbons (Fsp3) is 0.647. The average molecular weight is 261 g/mol. The summed E-state index contributed by atoms with van der Waals surface area (Å²) < 4.78 is 5.49. The third-order valence-corrected chi connectivity index (χ3v) is 4.43. The Morgan fingerprint density at radius 2 is 1.95 bits per heavy atom. The summed E-state index contributed by atoms with van der Waals surface area (Å²) in [6, 6.07) is 6.80. The van der Waals surface area contributed by atoms with E-state index in [1.165, 1.54) is 36.8 Å². The molecule has 1 unspecified atom stereocenters. The summed E-state index contributed by atoms with van der Waals surface area (Å²) >= 11 is 0. The highest BCUT2D eigenvalue weighted by Gasteiger charge is 2.23. The van der Waals surface area contributed by atoms with Gasteiger partial charge in [0.1, 0.15) is 5.75 Å². The molecular weight excluding hydrogens is 234 g/mol. The SMILES string of the molecule is COc1ccc(C(C)C)cc1CC(N)C1CCCC1. The van der Waals surface area contributed by atoms with Gasteiger partial charge < -0.3 is 10.5 Å². The molecule has 1 aliphatic rings. The summed E-state index contributed by atoms with van der Waals surface area (Å²) in [4.78, 5) is 0. The minimum Gasteiger partial charge on any atom is -0.496 e. The smallest absolute Gasteiger partial charge is 0.122 e. The number of rotatable bonds is 5. The zero-order valence-corrected chi connectivity index (χ0v) is 12.5. The lowest BCUT2D eigenvalue weighted by Crippen LogP contribution is -2.30. The third kappa shape index (κ3) is 3.50. The fourth-order valence-corrected chi connectivity index (χ4v) is 3.12. The predicted octanol–water partition coefficient (Wildman–Crippen LogP) is 3.88. The van der Waals surface area contributed by atoms with E-state index in [0.717, 1.165) is 12.2 Å². The van der Waals surface area contributed by atoms with Gasteiger partial charge in [-0.25, -0.2) is 0 Å². The van der Waals surface area contributed by atoms with Crippen molar-refractivity contribution in [2.24, 2.45) is 11.7 Å². The molecule has 1 fully saturated rings. The van der Waals surface area contributed by atoms with Gasteiger partial charge in [-0.3, -0.25) is 0 Å². The topological polar surface area (TPSA) is 35.2 Å². The summed E-state index contributed by atoms with van der Waals surface area (Å²) in [7, 11) is 1.75. The lowest BCUT2D eigenvalue weighted by atomic mass is 9.91. The standard InChI is InChI=1S/C17H27NO/c1-12(2)14-8-9-17(19-3)15(10-14)11-16(18)13-6-4-5-7-13/h8-10,12-13,16H,4-7,11,18H2,1-3H3. The van der Waals surface area contributed by atoms with E-state index in [1.807, 2.05) is 0 Å². The van der Waals surface area contributed by atoms with Crippen LogP contribution in [0.25, 0.3) is 0 Å². The molecular formula is C17H27NO. The van der Waals surface area contributed by atoms with Crippen molar-refractivity contribution in [2.75, 3.05) is 7.11 Å². The Hall–Kier alpha value is -1.02. The highest BCUT2D eigenvalue weighted by Crippen LogP contribution is 2.31. The van der Waals surface area contributed by atoms with Crippen LogP contribution in [0.5, 0.6) is 5.75 Å². The van der Waals surface area contributed by atoms with E-state index >= 15 is 0 Å². The molecule has 19 heavy (non-hydrogen) atoms. The highest BCUT2D eigenvalue weighted by molar-refractivity contribution is 5.39. The highest BCUT2D eigenvalue weighted by atomic mass is 16.5. The van der Waals surface area contributed by atoms with Gasteiger partial charge in [-0.1, -0.05) is 38.8 Å². The van der Waals surface area contributed by atoms with Crippen molar-refractivity contribution in [3.8, 4) is 5.75 Å². The molecule has 1 aromatic rings. The number of benzene rings is 1. The Morgan fingerprint density at radius 3 is 2.53 bits per heavy atom. The van der Waals surface area contributed by atoms with E-state index in [2.05, 4.69) is 32.0 Å². The van der Waals surface area contributed by atoms with Crippen molar-refractivity contribution in [1.29, 1.82) is 0 Å². The fourth-order valence-electron chi connectivity index (χ4n) is 3.12. The van der Waals surface area contributed by atoms with Gasteiger partial charge in [0.25, 0.3) is 0 Å². The molecule has 0 bridgehead atoms. The van der Waals surface area contributed by atoms with Gasteiger partial charge in [0.2, 0.25) is 0 Å². The average Bonchev–Trinajstić information content (AvgIpc) is 2.92. The number of hydrogen-bond donors (Lipinski definition) is 1. The van der Waals surface area contributed by atoms with Gasteiger partial charge in [0.15, 0.2) is 0 Å². The summed E-state index contributed by atoms with van der Waals surface area (Å²) in [5.74, 6) is 2.23. The van der Waals surface area contributed by atoms with E-state index in [-0.39, 0.29) is 6.04 Å². The molecule has 0 aliphatic heterocycles. The molecule has 1 atom stereocenters. The Bertz CT molecular complexity index is 408. The van der Waals surface area contributed by atoms with E-state index in [9.17, 15) is 0 Å². The molecule has 2 heteroatoms. The molecule has 2 nitrogen and oxygen atoms in total. The Morgan fingerprint density at radius 1 is 1.26 bits per heavy atom. The van der Waals surface area contributed by atoms with Crippen molar-refractivity contribution >= 4 is 0 Å². The van der Waals surface area contributed by atoms with Crippen molar-refractivity contribution in [2.45, 2.75) is 57.9 Å². The molecule has 0 spiro atoms. The van der Waals surface area contributed by atoms with E-state index in [0.29, 0.717) is 11.8 Å². The van der Waals surface area contributed by atoms with Crippen LogP contribution in [-0.2, 0) is 6.42 Å². The number of methoxy groups -OCH3 is 1. The maximum Gasteiger partial charge on any atom is 0.122 e. The molecule has 0 saturated heterocycles. The van der Waals surface area contributed by atoms with Crippen LogP contribution in [0.4, 0.5) is 0 Å². The molecule has 0 aromatic heterocycles. The molecule has 0 radical (unpaired) electrons. The first kappa shape index (κ1) is 14.4. The van der Waals surface area contributed by atoms with Crippen LogP contribution in [-0.4, -0.2) is 13.2 Å². The summed E-state index contributed by atoms with van der Waals surface area (Å²) in [5, 5.41) is 0. The Labute approximate surface area is 117 Å². The van der Waals surface area contributed by atoms with E-state index in [1.54, 1.807) is 7.11 Å². The van der Waals surface area contributed by atoms with Crippen molar-refractivity contribution in [1.82, 2.24) is 0 Å². The number of nitrogens with two attached hydrogens (primary N) is 1. The molecule has 2 N–H and O–H groups in total. The van der Waals surface area contributed by atoms with Crippen molar-refractivity contribution in [3.63, 3.8) is 0 Å². The van der Waals surface area contributed by atoms with Gasteiger partial charge in [-0.15, -0.1) is 0 Å². The minimum absolute atomic E-state index is 0.277. The molecule has 0 amide bonds. The molecule has 0 heterocycles. The molecule has 1 aromatic carbocycles. The van der Waals surface area contributed by atoms with Crippen LogP contribution < -0.4 is 10.5 Å². The number of ether oxygens (including phenoxy) is 1. The maximum atomic E-state index is 6.41. The zero-order chi connectivity index (χ0) is 13.8. The van der Waals surface area contributed by atoms with Gasteiger partial charge in [-0.2, -0.15) is 0 Å². The second kappa shape index (κ2) is 6.42. The van der Waals surface area contributed by atoms with E-state index < -0.39 is 0 Å². The molecule has 1 aliphatic carbocycles. The second-order valence-electron chi connectivity index (χ2n) is 6.14. The molecule has 106 valence electrons. The van der Waals surface area contributed by atoms with Gasteiger partial charge in [0.05, 0.1) is 7.11 Å². The zero-order valence-electron chi connectivity index (χ0n) is 12.5. The van der Waals surface area contributed by atoms with Crippen molar-refractivity contribution < 1.29 is 4.74 Å². The first-order valence-electron chi connectivity index (χ1n) is 7.54. The summed E-state index contributed by atoms with van der Waals surface area (Å²) in [6.45, 7) is 4.45. The van der Waals surface area contributed by atoms with Crippen LogP contribution in [0, 0.1) is 5.92 Å². The number of hydrogen-bond acceptors (Lipinski definition) is 2. The van der Waals surface area contributed by atoms with Crippen LogP contribution in [0.1, 0.15) is 56.6 Å². The second-order valence-corrected chi connectivity index (χ2v) is 6.14. The normalized spacial score (nSPS) is 17.9. The van der Waals surface area contributed by atoms with Crippen LogP contribution in [0.15, 0.2) is 18.2 Å². The van der Waals surface area contributed by atoms with Gasteiger partial charge in [-0.05, 0) is 48.3 Å². The van der Waals surface area contributed by atoms with Crippen molar-refractivity contribution in [3.05, 3.63) is 29.3 Å². The third-order valence-electron chi connectivity index (χ3n) is 4.43. The van der Waals surface area contributed by atoms with Gasteiger partial charge in [0, 0.05) is 6.04 Å². The van der Waals surface area contributed by atoms with Crippen LogP contribution in [0.3, 0.4) is 0 Å². The van der Waals surface area contributed by atoms with E-state index in [4.69, 9.17) is 10.5 Å².